The van der Waals surface area contributed by atoms with Crippen molar-refractivity contribution in [1.82, 2.24) is 20.1 Å². The van der Waals surface area contributed by atoms with Gasteiger partial charge in [0, 0.05) is 25.3 Å². The zero-order valence-electron chi connectivity index (χ0n) is 17.8. The number of aromatic nitrogens is 3. The van der Waals surface area contributed by atoms with Crippen LogP contribution in [0.4, 0.5) is 4.39 Å². The van der Waals surface area contributed by atoms with E-state index in [1.807, 2.05) is 48.7 Å². The van der Waals surface area contributed by atoms with Crippen molar-refractivity contribution >= 4 is 17.7 Å². The van der Waals surface area contributed by atoms with E-state index in [0.29, 0.717) is 37.3 Å². The van der Waals surface area contributed by atoms with Crippen LogP contribution in [0.2, 0.25) is 0 Å². The molecule has 1 unspecified atom stereocenters. The SMILES string of the molecule is CCOCCCNC(=O)C(C)Sc1nnc(-c2ccc(F)cc2)n1Cc1ccccc1. The van der Waals surface area contributed by atoms with Crippen LogP contribution in [0.5, 0.6) is 0 Å². The molecule has 0 aliphatic carbocycles. The van der Waals surface area contributed by atoms with Crippen molar-refractivity contribution < 1.29 is 13.9 Å². The van der Waals surface area contributed by atoms with Gasteiger partial charge in [0.1, 0.15) is 5.82 Å². The molecule has 0 aliphatic rings. The number of hydrogen-bond acceptors (Lipinski definition) is 5. The molecule has 164 valence electrons. The minimum Gasteiger partial charge on any atom is -0.382 e. The first-order chi connectivity index (χ1) is 15.1. The van der Waals surface area contributed by atoms with E-state index < -0.39 is 0 Å². The first-order valence-corrected chi connectivity index (χ1v) is 11.2. The highest BCUT2D eigenvalue weighted by molar-refractivity contribution is 8.00. The largest absolute Gasteiger partial charge is 0.382 e. The van der Waals surface area contributed by atoms with Crippen molar-refractivity contribution in [2.75, 3.05) is 19.8 Å². The van der Waals surface area contributed by atoms with Gasteiger partial charge in [0.25, 0.3) is 0 Å². The van der Waals surface area contributed by atoms with Gasteiger partial charge in [-0.3, -0.25) is 9.36 Å². The van der Waals surface area contributed by atoms with Gasteiger partial charge in [-0.05, 0) is 50.1 Å². The summed E-state index contributed by atoms with van der Waals surface area (Å²) in [7, 11) is 0. The van der Waals surface area contributed by atoms with Crippen molar-refractivity contribution in [3.63, 3.8) is 0 Å². The molecule has 0 saturated heterocycles. The zero-order valence-corrected chi connectivity index (χ0v) is 18.6. The lowest BCUT2D eigenvalue weighted by molar-refractivity contribution is -0.120. The summed E-state index contributed by atoms with van der Waals surface area (Å²) in [5.41, 5.74) is 1.85. The lowest BCUT2D eigenvalue weighted by Crippen LogP contribution is -2.32. The van der Waals surface area contributed by atoms with Crippen LogP contribution in [0.1, 0.15) is 25.8 Å². The fourth-order valence-corrected chi connectivity index (χ4v) is 3.86. The summed E-state index contributed by atoms with van der Waals surface area (Å²) in [5.74, 6) is 0.275. The second-order valence-corrected chi connectivity index (χ2v) is 8.29. The predicted molar refractivity (Wildman–Crippen MR) is 120 cm³/mol. The van der Waals surface area contributed by atoms with E-state index >= 15 is 0 Å². The number of benzene rings is 2. The number of carbonyl (C=O) groups is 1. The highest BCUT2D eigenvalue weighted by atomic mass is 32.2. The average molecular weight is 443 g/mol. The summed E-state index contributed by atoms with van der Waals surface area (Å²) >= 11 is 1.36. The summed E-state index contributed by atoms with van der Waals surface area (Å²) in [4.78, 5) is 12.5. The summed E-state index contributed by atoms with van der Waals surface area (Å²) < 4.78 is 20.6. The quantitative estimate of drug-likeness (QED) is 0.357. The van der Waals surface area contributed by atoms with Crippen LogP contribution in [0.15, 0.2) is 59.8 Å². The van der Waals surface area contributed by atoms with E-state index in [4.69, 9.17) is 4.74 Å². The Labute approximate surface area is 186 Å². The second-order valence-electron chi connectivity index (χ2n) is 6.99. The smallest absolute Gasteiger partial charge is 0.233 e. The van der Waals surface area contributed by atoms with Crippen LogP contribution >= 0.6 is 11.8 Å². The molecule has 0 spiro atoms. The summed E-state index contributed by atoms with van der Waals surface area (Å²) in [6, 6.07) is 16.1. The van der Waals surface area contributed by atoms with Crippen LogP contribution < -0.4 is 5.32 Å². The molecule has 1 heterocycles. The molecule has 0 bridgehead atoms. The fourth-order valence-electron chi connectivity index (χ4n) is 2.98. The maximum absolute atomic E-state index is 13.4. The third-order valence-corrected chi connectivity index (χ3v) is 5.70. The van der Waals surface area contributed by atoms with Gasteiger partial charge < -0.3 is 10.1 Å². The molecule has 3 aromatic rings. The molecule has 1 N–H and O–H groups in total. The maximum atomic E-state index is 13.4. The van der Waals surface area contributed by atoms with Crippen molar-refractivity contribution in [2.45, 2.75) is 37.2 Å². The van der Waals surface area contributed by atoms with E-state index in [2.05, 4.69) is 15.5 Å². The number of thioether (sulfide) groups is 1. The van der Waals surface area contributed by atoms with Crippen LogP contribution in [0.25, 0.3) is 11.4 Å². The van der Waals surface area contributed by atoms with Gasteiger partial charge >= 0.3 is 0 Å². The monoisotopic (exact) mass is 442 g/mol. The maximum Gasteiger partial charge on any atom is 0.233 e. The molecule has 0 radical (unpaired) electrons. The molecule has 6 nitrogen and oxygen atoms in total. The van der Waals surface area contributed by atoms with E-state index in [9.17, 15) is 9.18 Å². The van der Waals surface area contributed by atoms with E-state index in [-0.39, 0.29) is 17.0 Å². The fraction of sp³-hybridized carbons (Fsp3) is 0.348. The number of rotatable bonds is 11. The Bertz CT molecular complexity index is 963. The number of nitrogens with one attached hydrogen (secondary N) is 1. The first kappa shape index (κ1) is 23.0. The minimum absolute atomic E-state index is 0.0564. The third-order valence-electron chi connectivity index (χ3n) is 4.62. The Morgan fingerprint density at radius 2 is 1.90 bits per heavy atom. The molecule has 8 heteroatoms. The number of nitrogens with zero attached hydrogens (tertiary/aromatic N) is 3. The van der Waals surface area contributed by atoms with Crippen molar-refractivity contribution in [1.29, 1.82) is 0 Å². The molecule has 2 aromatic carbocycles. The van der Waals surface area contributed by atoms with E-state index in [1.54, 1.807) is 12.1 Å². The average Bonchev–Trinajstić information content (AvgIpc) is 3.16. The van der Waals surface area contributed by atoms with Gasteiger partial charge in [0.15, 0.2) is 11.0 Å². The number of ether oxygens (including phenoxy) is 1. The first-order valence-electron chi connectivity index (χ1n) is 10.3. The molecule has 0 fully saturated rings. The van der Waals surface area contributed by atoms with E-state index in [0.717, 1.165) is 17.5 Å². The Balaban J connectivity index is 1.76. The second kappa shape index (κ2) is 11.6. The predicted octanol–water partition coefficient (Wildman–Crippen LogP) is 4.16. The van der Waals surface area contributed by atoms with Gasteiger partial charge in [0.05, 0.1) is 11.8 Å². The van der Waals surface area contributed by atoms with Crippen LogP contribution in [-0.2, 0) is 16.1 Å². The molecule has 1 amide bonds. The zero-order chi connectivity index (χ0) is 22.1. The number of carbonyl (C=O) groups excluding carboxylic acids is 1. The van der Waals surface area contributed by atoms with Crippen LogP contribution in [-0.4, -0.2) is 45.7 Å². The number of hydrogen-bond donors (Lipinski definition) is 1. The third kappa shape index (κ3) is 6.63. The molecule has 3 rings (SSSR count). The highest BCUT2D eigenvalue weighted by Crippen LogP contribution is 2.28. The summed E-state index contributed by atoms with van der Waals surface area (Å²) in [6.07, 6.45) is 0.774. The Hall–Kier alpha value is -2.71. The number of halogens is 1. The van der Waals surface area contributed by atoms with Gasteiger partial charge in [-0.25, -0.2) is 4.39 Å². The van der Waals surface area contributed by atoms with Crippen LogP contribution in [0.3, 0.4) is 0 Å². The van der Waals surface area contributed by atoms with Crippen molar-refractivity contribution in [3.05, 3.63) is 66.0 Å². The molecule has 1 atom stereocenters. The van der Waals surface area contributed by atoms with Gasteiger partial charge in [0.2, 0.25) is 5.91 Å². The lowest BCUT2D eigenvalue weighted by Gasteiger charge is -2.14. The van der Waals surface area contributed by atoms with Crippen molar-refractivity contribution in [3.8, 4) is 11.4 Å². The molecule has 31 heavy (non-hydrogen) atoms. The Kier molecular flexibility index (Phi) is 8.61. The van der Waals surface area contributed by atoms with Gasteiger partial charge in [-0.1, -0.05) is 42.1 Å². The Morgan fingerprint density at radius 1 is 1.16 bits per heavy atom. The standard InChI is InChI=1S/C23H27FN4O2S/c1-3-30-15-7-14-25-22(29)17(2)31-23-27-26-21(19-10-12-20(24)13-11-19)28(23)16-18-8-5-4-6-9-18/h4-6,8-13,17H,3,7,14-16H2,1-2H3,(H,25,29). The summed E-state index contributed by atoms with van der Waals surface area (Å²) in [5, 5.41) is 11.9. The summed E-state index contributed by atoms with van der Waals surface area (Å²) in [6.45, 7) is 6.22. The Morgan fingerprint density at radius 3 is 2.61 bits per heavy atom. The van der Waals surface area contributed by atoms with Gasteiger partial charge in [-0.2, -0.15) is 0 Å². The molecule has 1 aromatic heterocycles. The highest BCUT2D eigenvalue weighted by Gasteiger charge is 2.21. The molecule has 0 saturated carbocycles. The van der Waals surface area contributed by atoms with Crippen LogP contribution in [0, 0.1) is 5.82 Å². The van der Waals surface area contributed by atoms with Gasteiger partial charge in [-0.15, -0.1) is 10.2 Å². The molecular weight excluding hydrogens is 415 g/mol. The minimum atomic E-state index is -0.341. The van der Waals surface area contributed by atoms with E-state index in [1.165, 1.54) is 23.9 Å². The lowest BCUT2D eigenvalue weighted by atomic mass is 10.2. The topological polar surface area (TPSA) is 69.0 Å². The number of amides is 1. The van der Waals surface area contributed by atoms with Crippen molar-refractivity contribution in [2.24, 2.45) is 0 Å². The molecule has 0 aliphatic heterocycles. The molecular formula is C23H27FN4O2S. The normalized spacial score (nSPS) is 12.0.